The Kier molecular flexibility index (Phi) is 7.13. The number of benzene rings is 1. The molecule has 1 atom stereocenters. The summed E-state index contributed by atoms with van der Waals surface area (Å²) >= 11 is 1.66. The van der Waals surface area contributed by atoms with E-state index in [-0.39, 0.29) is 11.9 Å². The van der Waals surface area contributed by atoms with Crippen molar-refractivity contribution < 1.29 is 19.0 Å². The molecule has 5 nitrogen and oxygen atoms in total. The number of hydrogen-bond donors (Lipinski definition) is 1. The van der Waals surface area contributed by atoms with Gasteiger partial charge in [-0.2, -0.15) is 0 Å². The number of methoxy groups -OCH3 is 3. The molecule has 1 aromatic heterocycles. The van der Waals surface area contributed by atoms with Crippen molar-refractivity contribution in [2.45, 2.75) is 32.2 Å². The van der Waals surface area contributed by atoms with E-state index >= 15 is 0 Å². The topological polar surface area (TPSA) is 56.8 Å². The molecule has 1 aromatic carbocycles. The summed E-state index contributed by atoms with van der Waals surface area (Å²) in [6.07, 6.45) is 1.88. The standard InChI is InChI=1S/C19H25NO4S/c1-5-14(17-7-6-10-25-17)20-18(21)9-8-13-11-15(22-2)19(24-4)16(12-13)23-3/h6-7,10-12,14H,5,8-9H2,1-4H3,(H,20,21). The third-order valence-corrected chi connectivity index (χ3v) is 4.98. The summed E-state index contributed by atoms with van der Waals surface area (Å²) in [7, 11) is 4.74. The molecule has 136 valence electrons. The first-order chi connectivity index (χ1) is 12.1. The summed E-state index contributed by atoms with van der Waals surface area (Å²) in [5.74, 6) is 1.79. The molecule has 0 aliphatic heterocycles. The highest BCUT2D eigenvalue weighted by molar-refractivity contribution is 7.10. The van der Waals surface area contributed by atoms with Crippen LogP contribution in [0.4, 0.5) is 0 Å². The Morgan fingerprint density at radius 3 is 2.32 bits per heavy atom. The van der Waals surface area contributed by atoms with Gasteiger partial charge in [0, 0.05) is 11.3 Å². The molecule has 0 aliphatic rings. The van der Waals surface area contributed by atoms with Crippen molar-refractivity contribution in [3.05, 3.63) is 40.1 Å². The quantitative estimate of drug-likeness (QED) is 0.732. The molecule has 0 radical (unpaired) electrons. The molecule has 1 N–H and O–H groups in total. The zero-order chi connectivity index (χ0) is 18.2. The molecule has 0 aliphatic carbocycles. The van der Waals surface area contributed by atoms with E-state index in [2.05, 4.69) is 18.3 Å². The molecule has 25 heavy (non-hydrogen) atoms. The van der Waals surface area contributed by atoms with Gasteiger partial charge in [0.15, 0.2) is 11.5 Å². The van der Waals surface area contributed by atoms with E-state index < -0.39 is 0 Å². The van der Waals surface area contributed by atoms with E-state index in [4.69, 9.17) is 14.2 Å². The number of carbonyl (C=O) groups excluding carboxylic acids is 1. The normalized spacial score (nSPS) is 11.7. The molecule has 0 spiro atoms. The average molecular weight is 363 g/mol. The Balaban J connectivity index is 2.01. The Morgan fingerprint density at radius 2 is 1.84 bits per heavy atom. The molecule has 2 aromatic rings. The van der Waals surface area contributed by atoms with Gasteiger partial charge in [0.2, 0.25) is 11.7 Å². The van der Waals surface area contributed by atoms with Gasteiger partial charge < -0.3 is 19.5 Å². The molecular weight excluding hydrogens is 338 g/mol. The SMILES string of the molecule is CCC(NC(=O)CCc1cc(OC)c(OC)c(OC)c1)c1cccs1. The molecule has 1 unspecified atom stereocenters. The predicted molar refractivity (Wildman–Crippen MR) is 99.9 cm³/mol. The molecule has 6 heteroatoms. The summed E-state index contributed by atoms with van der Waals surface area (Å²) in [5, 5.41) is 5.13. The van der Waals surface area contributed by atoms with Crippen molar-refractivity contribution in [3.8, 4) is 17.2 Å². The molecule has 1 heterocycles. The van der Waals surface area contributed by atoms with E-state index in [1.54, 1.807) is 32.7 Å². The van der Waals surface area contributed by atoms with Gasteiger partial charge >= 0.3 is 0 Å². The summed E-state index contributed by atoms with van der Waals surface area (Å²) in [4.78, 5) is 13.5. The highest BCUT2D eigenvalue weighted by Crippen LogP contribution is 2.38. The first-order valence-electron chi connectivity index (χ1n) is 8.24. The maximum atomic E-state index is 12.3. The Bertz CT molecular complexity index is 660. The van der Waals surface area contributed by atoms with Crippen LogP contribution in [-0.4, -0.2) is 27.2 Å². The monoisotopic (exact) mass is 363 g/mol. The lowest BCUT2D eigenvalue weighted by atomic mass is 10.1. The van der Waals surface area contributed by atoms with Gasteiger partial charge in [0.25, 0.3) is 0 Å². The van der Waals surface area contributed by atoms with Gasteiger partial charge in [-0.1, -0.05) is 13.0 Å². The number of hydrogen-bond acceptors (Lipinski definition) is 5. The van der Waals surface area contributed by atoms with Crippen LogP contribution in [0, 0.1) is 0 Å². The number of thiophene rings is 1. The molecule has 1 amide bonds. The van der Waals surface area contributed by atoms with E-state index in [1.165, 1.54) is 4.88 Å². The number of carbonyl (C=O) groups is 1. The van der Waals surface area contributed by atoms with E-state index in [9.17, 15) is 4.79 Å². The van der Waals surface area contributed by atoms with Gasteiger partial charge in [-0.15, -0.1) is 11.3 Å². The van der Waals surface area contributed by atoms with E-state index in [0.717, 1.165) is 12.0 Å². The number of aryl methyl sites for hydroxylation is 1. The van der Waals surface area contributed by atoms with Crippen LogP contribution in [0.1, 0.15) is 36.2 Å². The molecule has 0 saturated carbocycles. The van der Waals surface area contributed by atoms with Crippen molar-refractivity contribution in [1.82, 2.24) is 5.32 Å². The van der Waals surface area contributed by atoms with Gasteiger partial charge in [-0.25, -0.2) is 0 Å². The first kappa shape index (κ1) is 19.1. The minimum Gasteiger partial charge on any atom is -0.493 e. The van der Waals surface area contributed by atoms with Crippen LogP contribution in [0.2, 0.25) is 0 Å². The molecular formula is C19H25NO4S. The van der Waals surface area contributed by atoms with Crippen LogP contribution in [0.3, 0.4) is 0 Å². The Labute approximate surface area is 152 Å². The number of ether oxygens (including phenoxy) is 3. The van der Waals surface area contributed by atoms with E-state index in [1.807, 2.05) is 23.6 Å². The second-order valence-corrected chi connectivity index (χ2v) is 6.56. The Hall–Kier alpha value is -2.21. The van der Waals surface area contributed by atoms with Crippen molar-refractivity contribution in [2.75, 3.05) is 21.3 Å². The number of nitrogens with one attached hydrogen (secondary N) is 1. The minimum absolute atomic E-state index is 0.0361. The maximum Gasteiger partial charge on any atom is 0.220 e. The number of rotatable bonds is 9. The fourth-order valence-electron chi connectivity index (χ4n) is 2.67. The van der Waals surface area contributed by atoms with Crippen molar-refractivity contribution in [1.29, 1.82) is 0 Å². The lowest BCUT2D eigenvalue weighted by Gasteiger charge is -2.16. The third kappa shape index (κ3) is 4.89. The average Bonchev–Trinajstić information content (AvgIpc) is 3.17. The van der Waals surface area contributed by atoms with Crippen LogP contribution in [0.25, 0.3) is 0 Å². The summed E-state index contributed by atoms with van der Waals surface area (Å²) in [6, 6.07) is 7.90. The van der Waals surface area contributed by atoms with Crippen molar-refractivity contribution in [2.24, 2.45) is 0 Å². The maximum absolute atomic E-state index is 12.3. The second-order valence-electron chi connectivity index (χ2n) is 5.58. The molecule has 0 saturated heterocycles. The van der Waals surface area contributed by atoms with E-state index in [0.29, 0.717) is 30.1 Å². The summed E-state index contributed by atoms with van der Waals surface area (Å²) < 4.78 is 16.0. The molecule has 2 rings (SSSR count). The highest BCUT2D eigenvalue weighted by Gasteiger charge is 2.16. The zero-order valence-corrected chi connectivity index (χ0v) is 15.9. The summed E-state index contributed by atoms with van der Waals surface area (Å²) in [6.45, 7) is 2.07. The Morgan fingerprint density at radius 1 is 1.16 bits per heavy atom. The molecule has 0 bridgehead atoms. The molecule has 0 fully saturated rings. The van der Waals surface area contributed by atoms with Crippen LogP contribution >= 0.6 is 11.3 Å². The van der Waals surface area contributed by atoms with Crippen molar-refractivity contribution >= 4 is 17.2 Å². The van der Waals surface area contributed by atoms with Crippen LogP contribution < -0.4 is 19.5 Å². The van der Waals surface area contributed by atoms with Crippen molar-refractivity contribution in [3.63, 3.8) is 0 Å². The minimum atomic E-state index is 0.0361. The second kappa shape index (κ2) is 9.32. The van der Waals surface area contributed by atoms with Gasteiger partial charge in [0.1, 0.15) is 0 Å². The smallest absolute Gasteiger partial charge is 0.220 e. The summed E-state index contributed by atoms with van der Waals surface area (Å²) in [5.41, 5.74) is 0.967. The van der Waals surface area contributed by atoms with Crippen LogP contribution in [0.5, 0.6) is 17.2 Å². The first-order valence-corrected chi connectivity index (χ1v) is 9.12. The third-order valence-electron chi connectivity index (χ3n) is 4.00. The fraction of sp³-hybridized carbons (Fsp3) is 0.421. The van der Waals surface area contributed by atoms with Crippen LogP contribution in [0.15, 0.2) is 29.6 Å². The highest BCUT2D eigenvalue weighted by atomic mass is 32.1. The van der Waals surface area contributed by atoms with Gasteiger partial charge in [0.05, 0.1) is 27.4 Å². The predicted octanol–water partition coefficient (Wildman–Crippen LogP) is 3.97. The van der Waals surface area contributed by atoms with Crippen LogP contribution in [-0.2, 0) is 11.2 Å². The van der Waals surface area contributed by atoms with Gasteiger partial charge in [-0.05, 0) is 42.0 Å². The number of amides is 1. The lowest BCUT2D eigenvalue weighted by molar-refractivity contribution is -0.121. The fourth-order valence-corrected chi connectivity index (χ4v) is 3.53. The van der Waals surface area contributed by atoms with Gasteiger partial charge in [-0.3, -0.25) is 4.79 Å². The largest absolute Gasteiger partial charge is 0.493 e. The lowest BCUT2D eigenvalue weighted by Crippen LogP contribution is -2.27. The zero-order valence-electron chi connectivity index (χ0n) is 15.1.